The summed E-state index contributed by atoms with van der Waals surface area (Å²) in [6.45, 7) is 0. The van der Waals surface area contributed by atoms with Crippen LogP contribution in [0.1, 0.15) is 184 Å². The van der Waals surface area contributed by atoms with Crippen LogP contribution in [-0.4, -0.2) is 0 Å². The summed E-state index contributed by atoms with van der Waals surface area (Å²) in [5.74, 6) is 2.26. The van der Waals surface area contributed by atoms with E-state index in [2.05, 4.69) is 280 Å². The molecule has 0 spiro atoms. The minimum atomic E-state index is 0.257. The minimum absolute atomic E-state index is 0.257. The number of nitriles is 4. The quantitative estimate of drug-likeness (QED) is 0.0830. The van der Waals surface area contributed by atoms with Gasteiger partial charge in [0, 0.05) is 67.0 Å². The summed E-state index contributed by atoms with van der Waals surface area (Å²) in [7, 11) is 0. The molecule has 116 heavy (non-hydrogen) atoms. The zero-order chi connectivity index (χ0) is 77.7. The maximum absolute atomic E-state index is 10.7. The van der Waals surface area contributed by atoms with Crippen LogP contribution >= 0.6 is 0 Å². The number of para-hydroxylation sites is 4. The Morgan fingerprint density at radius 2 is 0.466 bits per heavy atom. The van der Waals surface area contributed by atoms with Crippen LogP contribution in [0.5, 0.6) is 0 Å². The number of anilines is 12. The van der Waals surface area contributed by atoms with Crippen molar-refractivity contribution >= 4 is 133 Å². The Morgan fingerprint density at radius 3 is 0.767 bits per heavy atom. The van der Waals surface area contributed by atoms with E-state index in [1.54, 1.807) is 0 Å². The van der Waals surface area contributed by atoms with Gasteiger partial charge in [0.05, 0.1) is 69.3 Å². The average molecular weight is 1500 g/mol. The molecule has 562 valence electrons. The molecule has 0 radical (unpaired) electrons. The predicted molar refractivity (Wildman–Crippen MR) is 479 cm³/mol. The molecule has 4 fully saturated rings. The maximum atomic E-state index is 10.7. The van der Waals surface area contributed by atoms with Gasteiger partial charge in [-0.05, 0) is 310 Å². The average Bonchev–Trinajstić information content (AvgIpc) is 0.708. The van der Waals surface area contributed by atoms with E-state index in [-0.39, 0.29) is 11.8 Å². The Bertz CT molecular complexity index is 6520. The lowest BCUT2D eigenvalue weighted by molar-refractivity contribution is 0.172. The van der Waals surface area contributed by atoms with Gasteiger partial charge in [-0.25, -0.2) is 0 Å². The third-order valence-corrected chi connectivity index (χ3v) is 26.9. The van der Waals surface area contributed by atoms with Gasteiger partial charge in [-0.15, -0.1) is 0 Å². The van der Waals surface area contributed by atoms with Crippen molar-refractivity contribution < 1.29 is 0 Å². The second-order valence-corrected chi connectivity index (χ2v) is 33.3. The molecule has 4 saturated carbocycles. The molecule has 20 rings (SSSR count). The molecule has 4 unspecified atom stereocenters. The van der Waals surface area contributed by atoms with Crippen LogP contribution in [-0.2, 0) is 0 Å². The number of hydrogen-bond acceptors (Lipinski definition) is 8. The molecule has 4 aliphatic rings. The van der Waals surface area contributed by atoms with Crippen molar-refractivity contribution in [2.45, 2.75) is 139 Å². The molecule has 0 N–H and O–H groups in total. The molecule has 0 amide bonds. The van der Waals surface area contributed by atoms with Gasteiger partial charge in [-0.3, -0.25) is 0 Å². The molecule has 0 heterocycles. The third kappa shape index (κ3) is 12.9. The van der Waals surface area contributed by atoms with E-state index < -0.39 is 0 Å². The fraction of sp³-hybridized carbons (Fsp3) is 0.222. The lowest BCUT2D eigenvalue weighted by Gasteiger charge is -2.40. The van der Waals surface area contributed by atoms with E-state index in [1.807, 2.05) is 54.6 Å². The van der Waals surface area contributed by atoms with Crippen LogP contribution in [0.15, 0.2) is 291 Å². The summed E-state index contributed by atoms with van der Waals surface area (Å²) in [6.07, 6.45) is 20.9. The molecule has 0 saturated heterocycles. The topological polar surface area (TPSA) is 108 Å². The molecule has 4 aliphatic carbocycles. The van der Waals surface area contributed by atoms with E-state index in [4.69, 9.17) is 0 Å². The van der Waals surface area contributed by atoms with Gasteiger partial charge in [-0.1, -0.05) is 198 Å². The van der Waals surface area contributed by atoms with Crippen molar-refractivity contribution in [2.75, 3.05) is 19.6 Å². The summed E-state index contributed by atoms with van der Waals surface area (Å²) in [5.41, 5.74) is 20.8. The molecule has 0 aromatic heterocycles. The van der Waals surface area contributed by atoms with Crippen LogP contribution in [0.25, 0.3) is 64.6 Å². The maximum Gasteiger partial charge on any atom is 0.0992 e. The second-order valence-electron chi connectivity index (χ2n) is 33.3. The van der Waals surface area contributed by atoms with Gasteiger partial charge in [0.1, 0.15) is 0 Å². The smallest absolute Gasteiger partial charge is 0.0992 e. The van der Waals surface area contributed by atoms with Crippen molar-refractivity contribution in [3.63, 3.8) is 0 Å². The monoisotopic (exact) mass is 1500 g/mol. The van der Waals surface area contributed by atoms with Crippen molar-refractivity contribution in [3.05, 3.63) is 336 Å². The van der Waals surface area contributed by atoms with Crippen molar-refractivity contribution in [2.24, 2.45) is 11.8 Å². The molecule has 16 aromatic rings. The molecule has 4 atom stereocenters. The second kappa shape index (κ2) is 30.9. The number of benzene rings is 16. The first-order valence-electron chi connectivity index (χ1n) is 42.3. The van der Waals surface area contributed by atoms with Crippen LogP contribution in [0.3, 0.4) is 0 Å². The summed E-state index contributed by atoms with van der Waals surface area (Å²) < 4.78 is 0. The van der Waals surface area contributed by atoms with Gasteiger partial charge in [0.2, 0.25) is 0 Å². The molecule has 8 heteroatoms. The molecule has 16 aromatic carbocycles. The minimum Gasteiger partial charge on any atom is -0.310 e. The molecule has 0 aliphatic heterocycles. The molecule has 0 bridgehead atoms. The molecular weight excluding hydrogens is 1410 g/mol. The Kier molecular flexibility index (Phi) is 19.1. The first kappa shape index (κ1) is 71.8. The summed E-state index contributed by atoms with van der Waals surface area (Å²) in [5, 5.41) is 56.9. The first-order valence-corrected chi connectivity index (χ1v) is 42.3. The van der Waals surface area contributed by atoms with Gasteiger partial charge in [0.25, 0.3) is 0 Å². The lowest BCUT2D eigenvalue weighted by atomic mass is 9.65. The number of nitrogens with zero attached hydrogens (tertiary/aromatic N) is 8. The summed E-state index contributed by atoms with van der Waals surface area (Å²) in [4.78, 5) is 9.76. The normalized spacial score (nSPS) is 17.4. The number of hydrogen-bond donors (Lipinski definition) is 0. The zero-order valence-corrected chi connectivity index (χ0v) is 65.5. The van der Waals surface area contributed by atoms with Crippen LogP contribution in [0, 0.1) is 57.2 Å². The van der Waals surface area contributed by atoms with Crippen molar-refractivity contribution in [1.82, 2.24) is 0 Å². The number of rotatable bonds is 17. The van der Waals surface area contributed by atoms with Crippen molar-refractivity contribution in [1.29, 1.82) is 21.0 Å². The predicted octanol–water partition coefficient (Wildman–Crippen LogP) is 30.2. The Balaban J connectivity index is 0.770. The standard InChI is InChI=1S/C108H90N8/c109-67-71-43-47-85(48-44-71)113(81-33-11-3-12-34-81)101-63-97(75-25-7-1-8-26-75)89-51-55-94-102(114(82-35-13-4-14-36-82)86-49-45-72(68-110)46-50-86)65-99(91-53-57-93(101)105(89)107(91)94)79-31-21-29-77(61-79)78-30-22-32-80(62-78)100-66-104(116(84-39-17-6-18-40-84)88-42-20-24-74(60-88)70-112)96-56-52-90-98(76-27-9-2-10-28-76)64-103(95-58-54-92(100)108(96)106(90)95)115(83-37-15-5-16-38-83)87-41-19-23-73(59-87)69-111/h3-6,11-20,23-24,33-60,63-66,75-80H,1-2,7-10,21-22,25-32,61-62H2. The van der Waals surface area contributed by atoms with E-state index in [0.717, 1.165) is 132 Å². The molecule has 8 nitrogen and oxygen atoms in total. The fourth-order valence-corrected chi connectivity index (χ4v) is 21.6. The van der Waals surface area contributed by atoms with Gasteiger partial charge in [-0.2, -0.15) is 21.0 Å². The SMILES string of the molecule is N#Cc1ccc(N(c2ccccc2)c2cc(C3CCCCC3)c3ccc4c(N(c5ccccc5)c5ccc(C#N)cc5)cc(C5CCCC(C6CCCC(c7cc(N(c8ccccc8)c8cccc(C#N)c8)c8ccc9c(C%10CCCCC%10)cc(N(c%10ccccc%10)c%10cccc(C#N)c%10)c%10ccc7c8c9%10)C6)C5)c5ccc2c3c54)cc1. The fourth-order valence-electron chi connectivity index (χ4n) is 21.6. The van der Waals surface area contributed by atoms with Gasteiger partial charge < -0.3 is 19.6 Å². The highest BCUT2D eigenvalue weighted by atomic mass is 15.2. The summed E-state index contributed by atoms with van der Waals surface area (Å²) >= 11 is 0. The van der Waals surface area contributed by atoms with E-state index in [1.165, 1.54) is 138 Å². The van der Waals surface area contributed by atoms with Crippen LogP contribution in [0.2, 0.25) is 0 Å². The Hall–Kier alpha value is -13.2. The third-order valence-electron chi connectivity index (χ3n) is 26.9. The van der Waals surface area contributed by atoms with E-state index in [0.29, 0.717) is 45.9 Å². The van der Waals surface area contributed by atoms with Crippen molar-refractivity contribution in [3.8, 4) is 24.3 Å². The van der Waals surface area contributed by atoms with E-state index >= 15 is 0 Å². The Morgan fingerprint density at radius 1 is 0.207 bits per heavy atom. The highest BCUT2D eigenvalue weighted by Gasteiger charge is 2.38. The highest BCUT2D eigenvalue weighted by Crippen LogP contribution is 2.58. The van der Waals surface area contributed by atoms with Crippen LogP contribution in [0.4, 0.5) is 68.2 Å². The van der Waals surface area contributed by atoms with Gasteiger partial charge in [0.15, 0.2) is 0 Å². The van der Waals surface area contributed by atoms with Crippen LogP contribution < -0.4 is 19.6 Å². The summed E-state index contributed by atoms with van der Waals surface area (Å²) in [6, 6.07) is 116. The first-order chi connectivity index (χ1) is 57.4. The molecular formula is C108H90N8. The largest absolute Gasteiger partial charge is 0.310 e. The van der Waals surface area contributed by atoms with Gasteiger partial charge >= 0.3 is 0 Å². The Labute approximate surface area is 680 Å². The lowest BCUT2D eigenvalue weighted by Crippen LogP contribution is -2.26. The highest BCUT2D eigenvalue weighted by molar-refractivity contribution is 6.31. The van der Waals surface area contributed by atoms with E-state index in [9.17, 15) is 21.0 Å². The zero-order valence-electron chi connectivity index (χ0n) is 65.5.